The van der Waals surface area contributed by atoms with E-state index in [4.69, 9.17) is 5.84 Å². The molecule has 2 rings (SSSR count). The van der Waals surface area contributed by atoms with Gasteiger partial charge in [-0.1, -0.05) is 6.92 Å². The summed E-state index contributed by atoms with van der Waals surface area (Å²) in [7, 11) is 0. The van der Waals surface area contributed by atoms with Gasteiger partial charge in [0, 0.05) is 14.7 Å². The average Bonchev–Trinajstić information content (AvgIpc) is 2.28. The number of nitrogens with two attached hydrogens (primary N) is 1. The summed E-state index contributed by atoms with van der Waals surface area (Å²) in [5, 5.41) is 1.09. The van der Waals surface area contributed by atoms with E-state index in [1.807, 2.05) is 6.07 Å². The molecule has 0 unspecified atom stereocenters. The third-order valence-corrected chi connectivity index (χ3v) is 3.44. The fourth-order valence-electron chi connectivity index (χ4n) is 1.91. The Kier molecular flexibility index (Phi) is 3.30. The Labute approximate surface area is 109 Å². The lowest BCUT2D eigenvalue weighted by Gasteiger charge is -2.13. The highest BCUT2D eigenvalue weighted by Gasteiger charge is 2.09. The maximum atomic E-state index is 5.61. The summed E-state index contributed by atoms with van der Waals surface area (Å²) < 4.78 is 1.19. The lowest BCUT2D eigenvalue weighted by molar-refractivity contribution is 1.03. The molecule has 0 radical (unpaired) electrons. The van der Waals surface area contributed by atoms with E-state index in [2.05, 4.69) is 59.0 Å². The first-order chi connectivity index (χ1) is 7.67. The van der Waals surface area contributed by atoms with Gasteiger partial charge in [0.25, 0.3) is 0 Å². The summed E-state index contributed by atoms with van der Waals surface area (Å²) in [5.74, 6) is 5.61. The van der Waals surface area contributed by atoms with Gasteiger partial charge in [-0.3, -0.25) is 10.8 Å². The summed E-state index contributed by atoms with van der Waals surface area (Å²) in [6.07, 6.45) is 0.919. The number of anilines is 1. The maximum absolute atomic E-state index is 5.61. The van der Waals surface area contributed by atoms with E-state index in [9.17, 15) is 0 Å². The fourth-order valence-corrected chi connectivity index (χ4v) is 2.40. The van der Waals surface area contributed by atoms with Crippen molar-refractivity contribution in [3.63, 3.8) is 0 Å². The van der Waals surface area contributed by atoms with Crippen LogP contribution in [0.2, 0.25) is 0 Å². The second-order valence-corrected chi connectivity index (χ2v) is 4.96. The number of aromatic nitrogens is 1. The van der Waals surface area contributed by atoms with Gasteiger partial charge in [0.2, 0.25) is 0 Å². The molecule has 84 valence electrons. The van der Waals surface area contributed by atoms with Crippen LogP contribution in [0.3, 0.4) is 0 Å². The van der Waals surface area contributed by atoms with Gasteiger partial charge < -0.3 is 5.43 Å². The van der Waals surface area contributed by atoms with Crippen LogP contribution in [0.15, 0.2) is 18.2 Å². The molecule has 0 fully saturated rings. The number of hydrazine groups is 1. The average molecular weight is 327 g/mol. The van der Waals surface area contributed by atoms with Gasteiger partial charge >= 0.3 is 0 Å². The minimum Gasteiger partial charge on any atom is -0.323 e. The quantitative estimate of drug-likeness (QED) is 0.506. The molecule has 0 aliphatic rings. The first-order valence-corrected chi connectivity index (χ1v) is 6.30. The number of nitrogens with one attached hydrogen (secondary N) is 1. The van der Waals surface area contributed by atoms with E-state index >= 15 is 0 Å². The van der Waals surface area contributed by atoms with Crippen molar-refractivity contribution in [3.8, 4) is 0 Å². The molecule has 3 N–H and O–H groups in total. The van der Waals surface area contributed by atoms with Crippen molar-refractivity contribution in [1.82, 2.24) is 4.98 Å². The molecule has 0 saturated heterocycles. The van der Waals surface area contributed by atoms with Crippen LogP contribution in [0, 0.1) is 10.5 Å². The van der Waals surface area contributed by atoms with Crippen LogP contribution in [-0.2, 0) is 6.42 Å². The van der Waals surface area contributed by atoms with Crippen molar-refractivity contribution >= 4 is 39.2 Å². The highest BCUT2D eigenvalue weighted by atomic mass is 127. The second-order valence-electron chi connectivity index (χ2n) is 3.72. The summed E-state index contributed by atoms with van der Waals surface area (Å²) in [4.78, 5) is 4.64. The monoisotopic (exact) mass is 327 g/mol. The molecule has 1 aromatic carbocycles. The number of fused-ring (bicyclic) bond motifs is 1. The van der Waals surface area contributed by atoms with E-state index in [0.29, 0.717) is 0 Å². The number of halogens is 1. The van der Waals surface area contributed by atoms with Crippen molar-refractivity contribution in [2.75, 3.05) is 5.43 Å². The summed E-state index contributed by atoms with van der Waals surface area (Å²) >= 11 is 2.29. The SMILES string of the molecule is CCc1nc2ccc(I)cc2c(NN)c1C. The molecule has 0 saturated carbocycles. The number of nitrogens with zero attached hydrogens (tertiary/aromatic N) is 1. The first-order valence-electron chi connectivity index (χ1n) is 5.22. The van der Waals surface area contributed by atoms with Crippen molar-refractivity contribution in [2.45, 2.75) is 20.3 Å². The second kappa shape index (κ2) is 4.55. The summed E-state index contributed by atoms with van der Waals surface area (Å²) in [6, 6.07) is 6.20. The van der Waals surface area contributed by atoms with E-state index in [1.165, 1.54) is 3.57 Å². The molecule has 4 heteroatoms. The number of rotatable bonds is 2. The third-order valence-electron chi connectivity index (χ3n) is 2.77. The Balaban J connectivity index is 2.84. The molecule has 0 spiro atoms. The molecule has 3 nitrogen and oxygen atoms in total. The number of hydrogen-bond acceptors (Lipinski definition) is 3. The topological polar surface area (TPSA) is 50.9 Å². The molecular weight excluding hydrogens is 313 g/mol. The van der Waals surface area contributed by atoms with Gasteiger partial charge in [-0.2, -0.15) is 0 Å². The maximum Gasteiger partial charge on any atom is 0.0727 e. The zero-order valence-electron chi connectivity index (χ0n) is 9.34. The van der Waals surface area contributed by atoms with Gasteiger partial charge in [-0.05, 0) is 59.7 Å². The van der Waals surface area contributed by atoms with Crippen molar-refractivity contribution in [3.05, 3.63) is 33.0 Å². The standard InChI is InChI=1S/C12H14IN3/c1-3-10-7(2)12(16-14)9-6-8(13)4-5-11(9)15-10/h4-6H,3,14H2,1-2H3,(H,15,16). The number of nitrogen functional groups attached to an aromatic ring is 1. The Bertz CT molecular complexity index is 537. The van der Waals surface area contributed by atoms with E-state index in [0.717, 1.165) is 34.3 Å². The predicted octanol–water partition coefficient (Wildman–Crippen LogP) is 3.00. The van der Waals surface area contributed by atoms with Crippen LogP contribution in [0.25, 0.3) is 10.9 Å². The normalized spacial score (nSPS) is 10.8. The fraction of sp³-hybridized carbons (Fsp3) is 0.250. The lowest BCUT2D eigenvalue weighted by Crippen LogP contribution is -2.11. The molecule has 1 heterocycles. The van der Waals surface area contributed by atoms with Crippen LogP contribution < -0.4 is 11.3 Å². The molecule has 0 bridgehead atoms. The van der Waals surface area contributed by atoms with Crippen LogP contribution >= 0.6 is 22.6 Å². The van der Waals surface area contributed by atoms with E-state index < -0.39 is 0 Å². The van der Waals surface area contributed by atoms with Crippen LogP contribution in [-0.4, -0.2) is 4.98 Å². The summed E-state index contributed by atoms with van der Waals surface area (Å²) in [6.45, 7) is 4.16. The van der Waals surface area contributed by atoms with Gasteiger partial charge in [0.1, 0.15) is 0 Å². The lowest BCUT2D eigenvalue weighted by atomic mass is 10.1. The van der Waals surface area contributed by atoms with E-state index in [1.54, 1.807) is 0 Å². The third kappa shape index (κ3) is 1.87. The molecule has 2 aromatic rings. The molecule has 16 heavy (non-hydrogen) atoms. The Hall–Kier alpha value is -0.880. The smallest absolute Gasteiger partial charge is 0.0727 e. The Morgan fingerprint density at radius 2 is 2.19 bits per heavy atom. The van der Waals surface area contributed by atoms with Crippen LogP contribution in [0.4, 0.5) is 5.69 Å². The zero-order valence-corrected chi connectivity index (χ0v) is 11.5. The molecule has 0 aliphatic heterocycles. The number of pyridine rings is 1. The number of benzene rings is 1. The Morgan fingerprint density at radius 1 is 1.44 bits per heavy atom. The zero-order chi connectivity index (χ0) is 11.7. The van der Waals surface area contributed by atoms with E-state index in [-0.39, 0.29) is 0 Å². The Morgan fingerprint density at radius 3 is 2.81 bits per heavy atom. The van der Waals surface area contributed by atoms with Gasteiger partial charge in [0.15, 0.2) is 0 Å². The molecule has 0 amide bonds. The van der Waals surface area contributed by atoms with Crippen molar-refractivity contribution < 1.29 is 0 Å². The van der Waals surface area contributed by atoms with Crippen LogP contribution in [0.1, 0.15) is 18.2 Å². The largest absolute Gasteiger partial charge is 0.323 e. The van der Waals surface area contributed by atoms with Gasteiger partial charge in [-0.25, -0.2) is 0 Å². The van der Waals surface area contributed by atoms with Gasteiger partial charge in [0.05, 0.1) is 11.2 Å². The van der Waals surface area contributed by atoms with Crippen molar-refractivity contribution in [2.24, 2.45) is 5.84 Å². The van der Waals surface area contributed by atoms with Gasteiger partial charge in [-0.15, -0.1) is 0 Å². The molecule has 1 aromatic heterocycles. The predicted molar refractivity (Wildman–Crippen MR) is 76.4 cm³/mol. The molecule has 0 atom stereocenters. The first kappa shape index (κ1) is 11.6. The number of aryl methyl sites for hydroxylation is 1. The van der Waals surface area contributed by atoms with Crippen LogP contribution in [0.5, 0.6) is 0 Å². The minimum atomic E-state index is 0.919. The minimum absolute atomic E-state index is 0.919. The highest BCUT2D eigenvalue weighted by Crippen LogP contribution is 2.28. The van der Waals surface area contributed by atoms with Crippen molar-refractivity contribution in [1.29, 1.82) is 0 Å². The summed E-state index contributed by atoms with van der Waals surface area (Å²) in [5.41, 5.74) is 7.02. The molecular formula is C12H14IN3. The molecule has 0 aliphatic carbocycles. The highest BCUT2D eigenvalue weighted by molar-refractivity contribution is 14.1. The number of hydrogen-bond donors (Lipinski definition) is 2.